The highest BCUT2D eigenvalue weighted by atomic mass is 16.5. The molecule has 0 bridgehead atoms. The first-order chi connectivity index (χ1) is 8.54. The molecule has 0 heterocycles. The summed E-state index contributed by atoms with van der Waals surface area (Å²) in [6, 6.07) is 7.94. The third kappa shape index (κ3) is 4.08. The van der Waals surface area contributed by atoms with Gasteiger partial charge in [-0.05, 0) is 18.1 Å². The summed E-state index contributed by atoms with van der Waals surface area (Å²) < 4.78 is 4.64. The molecule has 0 saturated carbocycles. The predicted octanol–water partition coefficient (Wildman–Crippen LogP) is 2.01. The van der Waals surface area contributed by atoms with Gasteiger partial charge in [0.15, 0.2) is 0 Å². The van der Waals surface area contributed by atoms with Crippen LogP contribution >= 0.6 is 0 Å². The Morgan fingerprint density at radius 2 is 1.78 bits per heavy atom. The van der Waals surface area contributed by atoms with Gasteiger partial charge >= 0.3 is 12.0 Å². The van der Waals surface area contributed by atoms with E-state index < -0.39 is 18.0 Å². The molecule has 0 saturated heterocycles. The number of hydrogen-bond donors (Lipinski definition) is 2. The fourth-order valence-electron chi connectivity index (χ4n) is 1.45. The summed E-state index contributed by atoms with van der Waals surface area (Å²) in [4.78, 5) is 23.2. The van der Waals surface area contributed by atoms with Gasteiger partial charge in [0.25, 0.3) is 0 Å². The average molecular weight is 250 g/mol. The van der Waals surface area contributed by atoms with Crippen LogP contribution in [0.1, 0.15) is 13.8 Å². The molecule has 0 unspecified atom stereocenters. The van der Waals surface area contributed by atoms with Crippen molar-refractivity contribution in [1.29, 1.82) is 0 Å². The molecule has 5 heteroatoms. The number of rotatable bonds is 4. The van der Waals surface area contributed by atoms with Crippen LogP contribution < -0.4 is 10.6 Å². The van der Waals surface area contributed by atoms with Crippen molar-refractivity contribution >= 4 is 17.7 Å². The largest absolute Gasteiger partial charge is 0.467 e. The summed E-state index contributed by atoms with van der Waals surface area (Å²) in [5.74, 6) is -0.493. The summed E-state index contributed by atoms with van der Waals surface area (Å²) in [5, 5.41) is 5.24. The zero-order valence-electron chi connectivity index (χ0n) is 10.8. The van der Waals surface area contributed by atoms with Crippen molar-refractivity contribution in [2.24, 2.45) is 5.92 Å². The number of para-hydroxylation sites is 1. The molecule has 0 aromatic heterocycles. The molecule has 0 radical (unpaired) electrons. The van der Waals surface area contributed by atoms with Gasteiger partial charge in [0, 0.05) is 5.69 Å². The van der Waals surface area contributed by atoms with E-state index in [1.165, 1.54) is 7.11 Å². The third-order valence-corrected chi connectivity index (χ3v) is 2.44. The number of esters is 1. The lowest BCUT2D eigenvalue weighted by Gasteiger charge is -2.20. The lowest BCUT2D eigenvalue weighted by molar-refractivity contribution is -0.143. The van der Waals surface area contributed by atoms with Crippen LogP contribution in [0.2, 0.25) is 0 Å². The Labute approximate surface area is 107 Å². The van der Waals surface area contributed by atoms with Crippen molar-refractivity contribution in [1.82, 2.24) is 5.32 Å². The molecular formula is C13H18N2O3. The second kappa shape index (κ2) is 6.64. The zero-order chi connectivity index (χ0) is 13.5. The molecule has 0 aliphatic heterocycles. The Hall–Kier alpha value is -2.04. The highest BCUT2D eigenvalue weighted by Crippen LogP contribution is 2.07. The molecule has 1 aromatic rings. The lowest BCUT2D eigenvalue weighted by Crippen LogP contribution is -2.46. The number of nitrogens with one attached hydrogen (secondary N) is 2. The maximum absolute atomic E-state index is 11.7. The number of carbonyl (C=O) groups excluding carboxylic acids is 2. The van der Waals surface area contributed by atoms with Gasteiger partial charge in [-0.15, -0.1) is 0 Å². The van der Waals surface area contributed by atoms with Crippen LogP contribution in [0, 0.1) is 5.92 Å². The monoisotopic (exact) mass is 250 g/mol. The van der Waals surface area contributed by atoms with Crippen molar-refractivity contribution in [3.8, 4) is 0 Å². The van der Waals surface area contributed by atoms with Crippen LogP contribution in [0.3, 0.4) is 0 Å². The van der Waals surface area contributed by atoms with Crippen molar-refractivity contribution in [2.45, 2.75) is 19.9 Å². The molecule has 0 aliphatic carbocycles. The predicted molar refractivity (Wildman–Crippen MR) is 69.2 cm³/mol. The number of methoxy groups -OCH3 is 1. The number of amides is 2. The Morgan fingerprint density at radius 3 is 2.28 bits per heavy atom. The third-order valence-electron chi connectivity index (χ3n) is 2.44. The summed E-state index contributed by atoms with van der Waals surface area (Å²) >= 11 is 0. The van der Waals surface area contributed by atoms with Crippen LogP contribution in [-0.2, 0) is 9.53 Å². The molecule has 0 aliphatic rings. The summed E-state index contributed by atoms with van der Waals surface area (Å²) in [6.07, 6.45) is 0. The van der Waals surface area contributed by atoms with Gasteiger partial charge in [0.1, 0.15) is 6.04 Å². The van der Waals surface area contributed by atoms with Crippen LogP contribution in [-0.4, -0.2) is 25.2 Å². The van der Waals surface area contributed by atoms with Gasteiger partial charge in [0.2, 0.25) is 0 Å². The molecule has 1 rings (SSSR count). The molecule has 98 valence electrons. The van der Waals surface area contributed by atoms with Gasteiger partial charge in [0.05, 0.1) is 7.11 Å². The zero-order valence-corrected chi connectivity index (χ0v) is 10.8. The Kier molecular flexibility index (Phi) is 5.17. The first-order valence-electron chi connectivity index (χ1n) is 5.75. The van der Waals surface area contributed by atoms with Crippen LogP contribution in [0.15, 0.2) is 30.3 Å². The van der Waals surface area contributed by atoms with Gasteiger partial charge in [-0.25, -0.2) is 9.59 Å². The van der Waals surface area contributed by atoms with E-state index >= 15 is 0 Å². The SMILES string of the molecule is COC(=O)[C@@H](NC(=O)Nc1ccccc1)C(C)C. The van der Waals surface area contributed by atoms with Crippen molar-refractivity contribution in [3.63, 3.8) is 0 Å². The molecule has 0 fully saturated rings. The van der Waals surface area contributed by atoms with Crippen molar-refractivity contribution in [3.05, 3.63) is 30.3 Å². The number of anilines is 1. The first kappa shape index (κ1) is 14.0. The Morgan fingerprint density at radius 1 is 1.17 bits per heavy atom. The number of benzene rings is 1. The summed E-state index contributed by atoms with van der Waals surface area (Å²) in [7, 11) is 1.30. The maximum atomic E-state index is 11.7. The number of hydrogen-bond acceptors (Lipinski definition) is 3. The van der Waals surface area contributed by atoms with E-state index in [1.54, 1.807) is 12.1 Å². The molecule has 1 aromatic carbocycles. The Bertz CT molecular complexity index is 404. The van der Waals surface area contributed by atoms with E-state index in [1.807, 2.05) is 32.0 Å². The summed E-state index contributed by atoms with van der Waals surface area (Å²) in [5.41, 5.74) is 0.669. The van der Waals surface area contributed by atoms with Gasteiger partial charge in [-0.2, -0.15) is 0 Å². The molecular weight excluding hydrogens is 232 g/mol. The minimum atomic E-state index is -0.654. The highest BCUT2D eigenvalue weighted by Gasteiger charge is 2.24. The van der Waals surface area contributed by atoms with Crippen LogP contribution in [0.5, 0.6) is 0 Å². The first-order valence-corrected chi connectivity index (χ1v) is 5.75. The second-order valence-electron chi connectivity index (χ2n) is 4.21. The van der Waals surface area contributed by atoms with E-state index in [2.05, 4.69) is 15.4 Å². The fraction of sp³-hybridized carbons (Fsp3) is 0.385. The van der Waals surface area contributed by atoms with Gasteiger partial charge in [-0.3, -0.25) is 0 Å². The van der Waals surface area contributed by atoms with Gasteiger partial charge < -0.3 is 15.4 Å². The van der Waals surface area contributed by atoms with Gasteiger partial charge in [-0.1, -0.05) is 32.0 Å². The van der Waals surface area contributed by atoms with E-state index in [0.717, 1.165) is 0 Å². The molecule has 5 nitrogen and oxygen atoms in total. The standard InChI is InChI=1S/C13H18N2O3/c1-9(2)11(12(16)18-3)15-13(17)14-10-7-5-4-6-8-10/h4-9,11H,1-3H3,(H2,14,15,17)/t11-/m0/s1. The lowest BCUT2D eigenvalue weighted by atomic mass is 10.1. The van der Waals surface area contributed by atoms with E-state index in [4.69, 9.17) is 0 Å². The van der Waals surface area contributed by atoms with E-state index in [-0.39, 0.29) is 5.92 Å². The second-order valence-corrected chi connectivity index (χ2v) is 4.21. The highest BCUT2D eigenvalue weighted by molar-refractivity contribution is 5.92. The molecule has 2 amide bonds. The average Bonchev–Trinajstić information content (AvgIpc) is 2.36. The quantitative estimate of drug-likeness (QED) is 0.803. The van der Waals surface area contributed by atoms with E-state index in [0.29, 0.717) is 5.69 Å². The Balaban J connectivity index is 2.60. The molecule has 18 heavy (non-hydrogen) atoms. The summed E-state index contributed by atoms with van der Waals surface area (Å²) in [6.45, 7) is 3.68. The fourth-order valence-corrected chi connectivity index (χ4v) is 1.45. The van der Waals surface area contributed by atoms with Crippen molar-refractivity contribution in [2.75, 3.05) is 12.4 Å². The number of carbonyl (C=O) groups is 2. The van der Waals surface area contributed by atoms with E-state index in [9.17, 15) is 9.59 Å². The minimum Gasteiger partial charge on any atom is -0.467 e. The molecule has 1 atom stereocenters. The number of ether oxygens (including phenoxy) is 1. The minimum absolute atomic E-state index is 0.0426. The smallest absolute Gasteiger partial charge is 0.328 e. The molecule has 0 spiro atoms. The topological polar surface area (TPSA) is 67.4 Å². The molecule has 2 N–H and O–H groups in total. The van der Waals surface area contributed by atoms with Crippen LogP contribution in [0.4, 0.5) is 10.5 Å². The number of urea groups is 1. The normalized spacial score (nSPS) is 11.8. The maximum Gasteiger partial charge on any atom is 0.328 e. The van der Waals surface area contributed by atoms with Crippen molar-refractivity contribution < 1.29 is 14.3 Å². The van der Waals surface area contributed by atoms with Crippen LogP contribution in [0.25, 0.3) is 0 Å².